The molecule has 2 rings (SSSR count). The van der Waals surface area contributed by atoms with Gasteiger partial charge < -0.3 is 14.9 Å². The Morgan fingerprint density at radius 3 is 2.72 bits per heavy atom. The fraction of sp³-hybridized carbons (Fsp3) is 0.600. The Morgan fingerprint density at radius 1 is 1.32 bits per heavy atom. The van der Waals surface area contributed by atoms with Gasteiger partial charge in [0.2, 0.25) is 11.8 Å². The Hall–Kier alpha value is -1.88. The topological polar surface area (TPSA) is 60.9 Å². The zero-order valence-corrected chi connectivity index (χ0v) is 15.4. The molecule has 1 fully saturated rings. The molecule has 1 heterocycles. The Bertz CT molecular complexity index is 584. The summed E-state index contributed by atoms with van der Waals surface area (Å²) in [5.41, 5.74) is 2.23. The number of hydrogen-bond acceptors (Lipinski definition) is 3. The van der Waals surface area contributed by atoms with Crippen molar-refractivity contribution in [2.24, 2.45) is 0 Å². The van der Waals surface area contributed by atoms with Gasteiger partial charge in [-0.3, -0.25) is 9.59 Å². The van der Waals surface area contributed by atoms with Crippen LogP contribution >= 0.6 is 0 Å². The van der Waals surface area contributed by atoms with Crippen molar-refractivity contribution in [1.29, 1.82) is 0 Å². The van der Waals surface area contributed by atoms with Gasteiger partial charge in [-0.25, -0.2) is 0 Å². The molecule has 1 saturated heterocycles. The van der Waals surface area contributed by atoms with Crippen molar-refractivity contribution in [3.05, 3.63) is 35.4 Å². The SMILES string of the molecule is CCC(CO)N(Cc1ccccc1C)C(=O)CCN1CCCCC1=O. The van der Waals surface area contributed by atoms with E-state index in [9.17, 15) is 14.7 Å². The van der Waals surface area contributed by atoms with Crippen LogP contribution in [0.2, 0.25) is 0 Å². The fourth-order valence-electron chi connectivity index (χ4n) is 3.31. The zero-order valence-electron chi connectivity index (χ0n) is 15.4. The molecule has 1 aromatic rings. The van der Waals surface area contributed by atoms with E-state index in [0.29, 0.717) is 32.4 Å². The van der Waals surface area contributed by atoms with Crippen LogP contribution in [0.4, 0.5) is 0 Å². The molecule has 0 spiro atoms. The average molecular weight is 346 g/mol. The quantitative estimate of drug-likeness (QED) is 0.787. The summed E-state index contributed by atoms with van der Waals surface area (Å²) in [5.74, 6) is 0.154. The van der Waals surface area contributed by atoms with Gasteiger partial charge in [0.05, 0.1) is 12.6 Å². The van der Waals surface area contributed by atoms with Crippen LogP contribution in [-0.4, -0.2) is 52.5 Å². The first-order valence-electron chi connectivity index (χ1n) is 9.29. The summed E-state index contributed by atoms with van der Waals surface area (Å²) >= 11 is 0. The fourth-order valence-corrected chi connectivity index (χ4v) is 3.31. The van der Waals surface area contributed by atoms with Gasteiger partial charge in [-0.1, -0.05) is 31.2 Å². The van der Waals surface area contributed by atoms with Gasteiger partial charge in [-0.05, 0) is 37.3 Å². The Morgan fingerprint density at radius 2 is 2.08 bits per heavy atom. The second-order valence-electron chi connectivity index (χ2n) is 6.78. The third-order valence-corrected chi connectivity index (χ3v) is 5.06. The summed E-state index contributed by atoms with van der Waals surface area (Å²) in [6.45, 7) is 5.69. The molecule has 0 aliphatic carbocycles. The predicted octanol–water partition coefficient (Wildman–Crippen LogP) is 2.50. The standard InChI is InChI=1S/C20H30N2O3/c1-3-18(15-23)22(14-17-9-5-4-8-16(17)2)20(25)11-13-21-12-7-6-10-19(21)24/h4-5,8-9,18,23H,3,6-7,10-15H2,1-2H3. The summed E-state index contributed by atoms with van der Waals surface area (Å²) < 4.78 is 0. The van der Waals surface area contributed by atoms with E-state index < -0.39 is 0 Å². The van der Waals surface area contributed by atoms with Crippen LogP contribution in [0.25, 0.3) is 0 Å². The van der Waals surface area contributed by atoms with Crippen molar-refractivity contribution < 1.29 is 14.7 Å². The number of nitrogens with zero attached hydrogens (tertiary/aromatic N) is 2. The van der Waals surface area contributed by atoms with Crippen LogP contribution < -0.4 is 0 Å². The van der Waals surface area contributed by atoms with Crippen LogP contribution in [0.1, 0.15) is 50.2 Å². The lowest BCUT2D eigenvalue weighted by atomic mass is 10.1. The monoisotopic (exact) mass is 346 g/mol. The normalized spacial score (nSPS) is 16.0. The number of piperidine rings is 1. The van der Waals surface area contributed by atoms with Crippen molar-refractivity contribution >= 4 is 11.8 Å². The van der Waals surface area contributed by atoms with E-state index in [-0.39, 0.29) is 24.5 Å². The molecule has 0 radical (unpaired) electrons. The molecule has 1 aliphatic rings. The molecule has 1 aliphatic heterocycles. The summed E-state index contributed by atoms with van der Waals surface area (Å²) in [6, 6.07) is 7.82. The molecule has 138 valence electrons. The largest absolute Gasteiger partial charge is 0.394 e. The number of carbonyl (C=O) groups excluding carboxylic acids is 2. The molecule has 5 heteroatoms. The second kappa shape index (κ2) is 9.56. The van der Waals surface area contributed by atoms with E-state index in [1.807, 2.05) is 38.1 Å². The molecule has 5 nitrogen and oxygen atoms in total. The van der Waals surface area contributed by atoms with Crippen LogP contribution in [0.5, 0.6) is 0 Å². The molecule has 0 bridgehead atoms. The van der Waals surface area contributed by atoms with E-state index in [1.54, 1.807) is 9.80 Å². The summed E-state index contributed by atoms with van der Waals surface area (Å²) in [5, 5.41) is 9.69. The molecule has 0 saturated carbocycles. The number of rotatable bonds is 8. The van der Waals surface area contributed by atoms with Gasteiger partial charge in [0.1, 0.15) is 0 Å². The van der Waals surface area contributed by atoms with E-state index in [4.69, 9.17) is 0 Å². The first kappa shape index (κ1) is 19.4. The maximum Gasteiger partial charge on any atom is 0.224 e. The van der Waals surface area contributed by atoms with Gasteiger partial charge in [-0.15, -0.1) is 0 Å². The number of likely N-dealkylation sites (tertiary alicyclic amines) is 1. The molecule has 1 N–H and O–H groups in total. The number of hydrogen-bond donors (Lipinski definition) is 1. The molecule has 0 aromatic heterocycles. The minimum absolute atomic E-state index is 0.00234. The van der Waals surface area contributed by atoms with Crippen LogP contribution in [0, 0.1) is 6.92 Å². The number of carbonyl (C=O) groups is 2. The lowest BCUT2D eigenvalue weighted by Gasteiger charge is -2.32. The molecular weight excluding hydrogens is 316 g/mol. The molecule has 2 amide bonds. The van der Waals surface area contributed by atoms with Gasteiger partial charge in [0, 0.05) is 32.5 Å². The zero-order chi connectivity index (χ0) is 18.2. The Kier molecular flexibility index (Phi) is 7.44. The summed E-state index contributed by atoms with van der Waals surface area (Å²) in [6.07, 6.45) is 3.58. The van der Waals surface area contributed by atoms with Crippen LogP contribution in [0.15, 0.2) is 24.3 Å². The molecule has 25 heavy (non-hydrogen) atoms. The molecular formula is C20H30N2O3. The Balaban J connectivity index is 2.04. The summed E-state index contributed by atoms with van der Waals surface area (Å²) in [7, 11) is 0. The lowest BCUT2D eigenvalue weighted by Crippen LogP contribution is -2.44. The van der Waals surface area contributed by atoms with Gasteiger partial charge in [0.15, 0.2) is 0 Å². The minimum atomic E-state index is -0.191. The Labute approximate surface area is 150 Å². The highest BCUT2D eigenvalue weighted by Gasteiger charge is 2.24. The van der Waals surface area contributed by atoms with Crippen molar-refractivity contribution in [3.63, 3.8) is 0 Å². The number of aliphatic hydroxyl groups is 1. The van der Waals surface area contributed by atoms with Crippen LogP contribution in [0.3, 0.4) is 0 Å². The predicted molar refractivity (Wildman–Crippen MR) is 97.9 cm³/mol. The van der Waals surface area contributed by atoms with Crippen molar-refractivity contribution in [1.82, 2.24) is 9.80 Å². The van der Waals surface area contributed by atoms with E-state index >= 15 is 0 Å². The smallest absolute Gasteiger partial charge is 0.224 e. The molecule has 1 unspecified atom stereocenters. The molecule has 1 atom stereocenters. The highest BCUT2D eigenvalue weighted by molar-refractivity contribution is 5.79. The summed E-state index contributed by atoms with van der Waals surface area (Å²) in [4.78, 5) is 28.3. The maximum absolute atomic E-state index is 12.8. The van der Waals surface area contributed by atoms with Crippen LogP contribution in [-0.2, 0) is 16.1 Å². The minimum Gasteiger partial charge on any atom is -0.394 e. The van der Waals surface area contributed by atoms with E-state index in [1.165, 1.54) is 0 Å². The first-order valence-corrected chi connectivity index (χ1v) is 9.29. The average Bonchev–Trinajstić information content (AvgIpc) is 2.62. The van der Waals surface area contributed by atoms with Gasteiger partial charge >= 0.3 is 0 Å². The van der Waals surface area contributed by atoms with Crippen molar-refractivity contribution in [2.75, 3.05) is 19.7 Å². The third kappa shape index (κ3) is 5.30. The van der Waals surface area contributed by atoms with E-state index in [0.717, 1.165) is 30.5 Å². The van der Waals surface area contributed by atoms with Gasteiger partial charge in [-0.2, -0.15) is 0 Å². The molecule has 1 aromatic carbocycles. The first-order chi connectivity index (χ1) is 12.1. The number of amides is 2. The van der Waals surface area contributed by atoms with Crippen molar-refractivity contribution in [3.8, 4) is 0 Å². The number of aryl methyl sites for hydroxylation is 1. The third-order valence-electron chi connectivity index (χ3n) is 5.06. The van der Waals surface area contributed by atoms with E-state index in [2.05, 4.69) is 0 Å². The highest BCUT2D eigenvalue weighted by atomic mass is 16.3. The number of benzene rings is 1. The van der Waals surface area contributed by atoms with Crippen molar-refractivity contribution in [2.45, 2.75) is 58.5 Å². The maximum atomic E-state index is 12.8. The second-order valence-corrected chi connectivity index (χ2v) is 6.78. The van der Waals surface area contributed by atoms with Gasteiger partial charge in [0.25, 0.3) is 0 Å². The highest BCUT2D eigenvalue weighted by Crippen LogP contribution is 2.17. The lowest BCUT2D eigenvalue weighted by molar-refractivity contribution is -0.138. The number of aliphatic hydroxyl groups excluding tert-OH is 1.